The highest BCUT2D eigenvalue weighted by Crippen LogP contribution is 2.22. The van der Waals surface area contributed by atoms with E-state index in [1.165, 1.54) is 5.56 Å². The molecule has 0 amide bonds. The average molecular weight is 243 g/mol. The highest BCUT2D eigenvalue weighted by molar-refractivity contribution is 5.93. The maximum absolute atomic E-state index is 12.5. The minimum atomic E-state index is 0.107. The van der Waals surface area contributed by atoms with Gasteiger partial charge < -0.3 is 4.74 Å². The number of nitrogens with zero attached hydrogens (tertiary/aromatic N) is 1. The van der Waals surface area contributed by atoms with E-state index in [4.69, 9.17) is 4.74 Å². The van der Waals surface area contributed by atoms with Gasteiger partial charge in [-0.05, 0) is 38.0 Å². The summed E-state index contributed by atoms with van der Waals surface area (Å²) in [7, 11) is 0. The van der Waals surface area contributed by atoms with Crippen molar-refractivity contribution < 1.29 is 9.53 Å². The van der Waals surface area contributed by atoms with Crippen molar-refractivity contribution in [2.75, 3.05) is 13.2 Å². The molecule has 1 fully saturated rings. The van der Waals surface area contributed by atoms with Gasteiger partial charge in [-0.25, -0.2) is 0 Å². The van der Waals surface area contributed by atoms with Gasteiger partial charge in [-0.15, -0.1) is 0 Å². The first-order valence-electron chi connectivity index (χ1n) is 6.45. The van der Waals surface area contributed by atoms with E-state index in [0.29, 0.717) is 13.2 Å². The molecular weight excluding hydrogens is 226 g/mol. The molecule has 2 aromatic rings. The van der Waals surface area contributed by atoms with Crippen LogP contribution in [0.4, 0.5) is 0 Å². The van der Waals surface area contributed by atoms with Crippen LogP contribution in [0.15, 0.2) is 30.5 Å². The molecule has 2 heterocycles. The van der Waals surface area contributed by atoms with Crippen molar-refractivity contribution in [2.45, 2.75) is 19.8 Å². The molecule has 1 aromatic carbocycles. The highest BCUT2D eigenvalue weighted by Gasteiger charge is 2.23. The van der Waals surface area contributed by atoms with Crippen molar-refractivity contribution in [2.24, 2.45) is 5.92 Å². The molecule has 1 aromatic heterocycles. The minimum absolute atomic E-state index is 0.107. The normalized spacial score (nSPS) is 17.2. The Morgan fingerprint density at radius 2 is 2.06 bits per heavy atom. The summed E-state index contributed by atoms with van der Waals surface area (Å²) in [5, 5.41) is 1.13. The van der Waals surface area contributed by atoms with Crippen LogP contribution in [-0.4, -0.2) is 23.7 Å². The first kappa shape index (κ1) is 11.5. The van der Waals surface area contributed by atoms with E-state index >= 15 is 0 Å². The molecule has 3 rings (SSSR count). The van der Waals surface area contributed by atoms with Gasteiger partial charge in [-0.1, -0.05) is 11.6 Å². The van der Waals surface area contributed by atoms with Crippen molar-refractivity contribution in [3.8, 4) is 0 Å². The number of aromatic nitrogens is 1. The zero-order chi connectivity index (χ0) is 12.5. The SMILES string of the molecule is Cc1ccc2c(ccn2C(=O)C2CCOCC2)c1. The zero-order valence-electron chi connectivity index (χ0n) is 10.6. The lowest BCUT2D eigenvalue weighted by Gasteiger charge is -2.21. The van der Waals surface area contributed by atoms with Gasteiger partial charge in [-0.2, -0.15) is 0 Å². The summed E-state index contributed by atoms with van der Waals surface area (Å²) in [4.78, 5) is 12.5. The van der Waals surface area contributed by atoms with Crippen LogP contribution in [0.5, 0.6) is 0 Å². The third kappa shape index (κ3) is 1.95. The van der Waals surface area contributed by atoms with Gasteiger partial charge in [0, 0.05) is 30.7 Å². The molecule has 0 atom stereocenters. The lowest BCUT2D eigenvalue weighted by Crippen LogP contribution is -2.27. The van der Waals surface area contributed by atoms with E-state index in [1.807, 2.05) is 18.3 Å². The van der Waals surface area contributed by atoms with Crippen LogP contribution in [0, 0.1) is 12.8 Å². The van der Waals surface area contributed by atoms with E-state index in [-0.39, 0.29) is 11.8 Å². The fourth-order valence-electron chi connectivity index (χ4n) is 2.60. The first-order chi connectivity index (χ1) is 8.75. The number of carbonyl (C=O) groups is 1. The summed E-state index contributed by atoms with van der Waals surface area (Å²) >= 11 is 0. The molecule has 0 saturated carbocycles. The first-order valence-corrected chi connectivity index (χ1v) is 6.45. The van der Waals surface area contributed by atoms with Crippen molar-refractivity contribution in [3.63, 3.8) is 0 Å². The van der Waals surface area contributed by atoms with E-state index < -0.39 is 0 Å². The maximum Gasteiger partial charge on any atom is 0.234 e. The van der Waals surface area contributed by atoms with Gasteiger partial charge in [0.05, 0.1) is 5.52 Å². The lowest BCUT2D eigenvalue weighted by molar-refractivity contribution is 0.0490. The Hall–Kier alpha value is -1.61. The Balaban J connectivity index is 1.96. The lowest BCUT2D eigenvalue weighted by atomic mass is 9.99. The van der Waals surface area contributed by atoms with Crippen LogP contribution in [0.2, 0.25) is 0 Å². The Kier molecular flexibility index (Phi) is 2.92. The number of rotatable bonds is 1. The standard InChI is InChI=1S/C15H17NO2/c1-11-2-3-14-13(10-11)4-7-16(14)15(17)12-5-8-18-9-6-12/h2-4,7,10,12H,5-6,8-9H2,1H3. The second kappa shape index (κ2) is 4.58. The Morgan fingerprint density at radius 1 is 1.28 bits per heavy atom. The molecule has 0 aliphatic carbocycles. The Labute approximate surface area is 106 Å². The minimum Gasteiger partial charge on any atom is -0.381 e. The fraction of sp³-hybridized carbons (Fsp3) is 0.400. The van der Waals surface area contributed by atoms with Crippen LogP contribution in [0.25, 0.3) is 10.9 Å². The van der Waals surface area contributed by atoms with Gasteiger partial charge in [0.15, 0.2) is 0 Å². The zero-order valence-corrected chi connectivity index (χ0v) is 10.6. The summed E-state index contributed by atoms with van der Waals surface area (Å²) in [6.07, 6.45) is 3.57. The number of aryl methyl sites for hydroxylation is 1. The van der Waals surface area contributed by atoms with Crippen LogP contribution < -0.4 is 0 Å². The van der Waals surface area contributed by atoms with E-state index in [1.54, 1.807) is 4.57 Å². The molecule has 0 N–H and O–H groups in total. The van der Waals surface area contributed by atoms with Crippen molar-refractivity contribution in [1.82, 2.24) is 4.57 Å². The van der Waals surface area contributed by atoms with Gasteiger partial charge in [0.25, 0.3) is 0 Å². The topological polar surface area (TPSA) is 31.2 Å². The predicted molar refractivity (Wildman–Crippen MR) is 70.8 cm³/mol. The quantitative estimate of drug-likeness (QED) is 0.771. The number of hydrogen-bond acceptors (Lipinski definition) is 2. The van der Waals surface area contributed by atoms with Crippen LogP contribution in [0.3, 0.4) is 0 Å². The molecular formula is C15H17NO2. The van der Waals surface area contributed by atoms with Crippen molar-refractivity contribution in [3.05, 3.63) is 36.0 Å². The molecule has 0 unspecified atom stereocenters. The van der Waals surface area contributed by atoms with Crippen LogP contribution in [-0.2, 0) is 4.74 Å². The average Bonchev–Trinajstić information content (AvgIpc) is 2.81. The molecule has 18 heavy (non-hydrogen) atoms. The highest BCUT2D eigenvalue weighted by atomic mass is 16.5. The number of ether oxygens (including phenoxy) is 1. The van der Waals surface area contributed by atoms with Crippen LogP contribution >= 0.6 is 0 Å². The molecule has 3 nitrogen and oxygen atoms in total. The Bertz CT molecular complexity index is 579. The summed E-state index contributed by atoms with van der Waals surface area (Å²) < 4.78 is 7.11. The Morgan fingerprint density at radius 3 is 2.83 bits per heavy atom. The number of carbonyl (C=O) groups excluding carboxylic acids is 1. The van der Waals surface area contributed by atoms with Crippen molar-refractivity contribution >= 4 is 16.8 Å². The second-order valence-corrected chi connectivity index (χ2v) is 4.97. The summed E-state index contributed by atoms with van der Waals surface area (Å²) in [5.74, 6) is 0.313. The summed E-state index contributed by atoms with van der Waals surface area (Å²) in [5.41, 5.74) is 2.23. The molecule has 1 aliphatic rings. The fourth-order valence-corrected chi connectivity index (χ4v) is 2.60. The largest absolute Gasteiger partial charge is 0.381 e. The summed E-state index contributed by atoms with van der Waals surface area (Å²) in [6.45, 7) is 3.47. The van der Waals surface area contributed by atoms with E-state index in [2.05, 4.69) is 19.1 Å². The van der Waals surface area contributed by atoms with Gasteiger partial charge in [0.1, 0.15) is 0 Å². The number of hydrogen-bond donors (Lipinski definition) is 0. The second-order valence-electron chi connectivity index (χ2n) is 4.97. The van der Waals surface area contributed by atoms with Gasteiger partial charge in [-0.3, -0.25) is 9.36 Å². The number of benzene rings is 1. The molecule has 1 saturated heterocycles. The van der Waals surface area contributed by atoms with Gasteiger partial charge in [0.2, 0.25) is 5.91 Å². The molecule has 0 bridgehead atoms. The maximum atomic E-state index is 12.5. The third-order valence-electron chi connectivity index (χ3n) is 3.65. The van der Waals surface area contributed by atoms with E-state index in [0.717, 1.165) is 23.7 Å². The monoisotopic (exact) mass is 243 g/mol. The number of fused-ring (bicyclic) bond motifs is 1. The molecule has 94 valence electrons. The molecule has 0 radical (unpaired) electrons. The predicted octanol–water partition coefficient (Wildman–Crippen LogP) is 3.02. The smallest absolute Gasteiger partial charge is 0.234 e. The van der Waals surface area contributed by atoms with E-state index in [9.17, 15) is 4.79 Å². The summed E-state index contributed by atoms with van der Waals surface area (Å²) in [6, 6.07) is 8.21. The molecule has 1 aliphatic heterocycles. The molecule has 3 heteroatoms. The van der Waals surface area contributed by atoms with Gasteiger partial charge >= 0.3 is 0 Å². The molecule has 0 spiro atoms. The van der Waals surface area contributed by atoms with Crippen LogP contribution in [0.1, 0.15) is 23.2 Å². The van der Waals surface area contributed by atoms with Crippen molar-refractivity contribution in [1.29, 1.82) is 0 Å². The third-order valence-corrected chi connectivity index (χ3v) is 3.65.